The number of benzene rings is 2. The summed E-state index contributed by atoms with van der Waals surface area (Å²) in [5.74, 6) is 1.20. The minimum Gasteiger partial charge on any atom is -0.493 e. The quantitative estimate of drug-likeness (QED) is 0.668. The fourth-order valence-electron chi connectivity index (χ4n) is 3.57. The van der Waals surface area contributed by atoms with E-state index >= 15 is 0 Å². The molecule has 1 fully saturated rings. The van der Waals surface area contributed by atoms with Gasteiger partial charge in [0.1, 0.15) is 11.9 Å². The van der Waals surface area contributed by atoms with Crippen molar-refractivity contribution in [1.29, 1.82) is 0 Å². The van der Waals surface area contributed by atoms with Gasteiger partial charge in [0.05, 0.1) is 26.5 Å². The fourth-order valence-corrected chi connectivity index (χ4v) is 3.57. The number of fused-ring (bicyclic) bond motifs is 1. The Hall–Kier alpha value is -2.70. The van der Waals surface area contributed by atoms with Crippen molar-refractivity contribution >= 4 is 10.8 Å². The van der Waals surface area contributed by atoms with Crippen LogP contribution < -0.4 is 9.47 Å². The van der Waals surface area contributed by atoms with Gasteiger partial charge in [0, 0.05) is 31.2 Å². The monoisotopic (exact) mass is 382 g/mol. The largest absolute Gasteiger partial charge is 0.493 e. The first-order chi connectivity index (χ1) is 13.7. The van der Waals surface area contributed by atoms with Gasteiger partial charge in [0.15, 0.2) is 11.5 Å². The maximum Gasteiger partial charge on any atom is 0.161 e. The lowest BCUT2D eigenvalue weighted by atomic mass is 10.1. The highest BCUT2D eigenvalue weighted by Crippen LogP contribution is 2.29. The molecule has 2 heterocycles. The molecule has 0 spiro atoms. The lowest BCUT2D eigenvalue weighted by Gasteiger charge is -2.32. The van der Waals surface area contributed by atoms with E-state index in [2.05, 4.69) is 9.88 Å². The average Bonchev–Trinajstić information content (AvgIpc) is 2.73. The summed E-state index contributed by atoms with van der Waals surface area (Å²) in [7, 11) is 3.27. The number of methoxy groups -OCH3 is 2. The smallest absolute Gasteiger partial charge is 0.161 e. The fraction of sp³-hybridized carbons (Fsp3) is 0.318. The summed E-state index contributed by atoms with van der Waals surface area (Å²) < 4.78 is 30.2. The Morgan fingerprint density at radius 3 is 2.75 bits per heavy atom. The highest BCUT2D eigenvalue weighted by atomic mass is 19.1. The van der Waals surface area contributed by atoms with Gasteiger partial charge in [-0.1, -0.05) is 6.07 Å². The Kier molecular flexibility index (Phi) is 5.41. The second-order valence-corrected chi connectivity index (χ2v) is 6.88. The van der Waals surface area contributed by atoms with Crippen LogP contribution in [-0.2, 0) is 11.3 Å². The van der Waals surface area contributed by atoms with Gasteiger partial charge in [0.2, 0.25) is 0 Å². The summed E-state index contributed by atoms with van der Waals surface area (Å²) in [6.45, 7) is 2.97. The summed E-state index contributed by atoms with van der Waals surface area (Å²) in [4.78, 5) is 6.87. The Morgan fingerprint density at radius 2 is 1.93 bits per heavy atom. The van der Waals surface area contributed by atoms with E-state index in [1.165, 1.54) is 12.1 Å². The highest BCUT2D eigenvalue weighted by Gasteiger charge is 2.23. The van der Waals surface area contributed by atoms with Crippen molar-refractivity contribution in [2.45, 2.75) is 12.6 Å². The van der Waals surface area contributed by atoms with Crippen LogP contribution in [0.25, 0.3) is 10.8 Å². The molecule has 2 aromatic carbocycles. The van der Waals surface area contributed by atoms with Gasteiger partial charge < -0.3 is 14.2 Å². The van der Waals surface area contributed by atoms with Gasteiger partial charge >= 0.3 is 0 Å². The van der Waals surface area contributed by atoms with Crippen molar-refractivity contribution in [2.24, 2.45) is 0 Å². The van der Waals surface area contributed by atoms with Gasteiger partial charge in [-0.05, 0) is 47.3 Å². The van der Waals surface area contributed by atoms with Gasteiger partial charge in [-0.2, -0.15) is 0 Å². The van der Waals surface area contributed by atoms with Crippen molar-refractivity contribution in [2.75, 3.05) is 33.9 Å². The van der Waals surface area contributed by atoms with Crippen LogP contribution in [0, 0.1) is 5.82 Å². The second kappa shape index (κ2) is 8.12. The minimum absolute atomic E-state index is 0.137. The predicted molar refractivity (Wildman–Crippen MR) is 105 cm³/mol. The Bertz CT molecular complexity index is 979. The molecule has 0 unspecified atom stereocenters. The molecule has 4 rings (SSSR count). The SMILES string of the molecule is COc1ccc(CN2CCO[C@H](c3cc4cc(F)ccc4cn3)C2)cc1OC. The highest BCUT2D eigenvalue weighted by molar-refractivity contribution is 5.82. The first-order valence-corrected chi connectivity index (χ1v) is 9.26. The van der Waals surface area contributed by atoms with E-state index in [0.29, 0.717) is 6.61 Å². The molecular weight excluding hydrogens is 359 g/mol. The van der Waals surface area contributed by atoms with Gasteiger partial charge in [-0.15, -0.1) is 0 Å². The lowest BCUT2D eigenvalue weighted by Crippen LogP contribution is -2.38. The Labute approximate surface area is 163 Å². The van der Waals surface area contributed by atoms with E-state index in [0.717, 1.165) is 53.2 Å². The van der Waals surface area contributed by atoms with Crippen molar-refractivity contribution in [3.8, 4) is 11.5 Å². The molecule has 28 heavy (non-hydrogen) atoms. The van der Waals surface area contributed by atoms with Crippen molar-refractivity contribution in [3.05, 3.63) is 65.7 Å². The maximum atomic E-state index is 13.6. The van der Waals surface area contributed by atoms with E-state index in [4.69, 9.17) is 14.2 Å². The minimum atomic E-state index is -0.246. The van der Waals surface area contributed by atoms with Gasteiger partial charge in [-0.3, -0.25) is 9.88 Å². The summed E-state index contributed by atoms with van der Waals surface area (Å²) in [5.41, 5.74) is 1.97. The summed E-state index contributed by atoms with van der Waals surface area (Å²) in [5, 5.41) is 1.76. The van der Waals surface area contributed by atoms with Crippen molar-refractivity contribution < 1.29 is 18.6 Å². The molecule has 0 saturated carbocycles. The number of rotatable bonds is 5. The first-order valence-electron chi connectivity index (χ1n) is 9.26. The number of pyridine rings is 1. The molecule has 1 atom stereocenters. The van der Waals surface area contributed by atoms with E-state index in [9.17, 15) is 4.39 Å². The van der Waals surface area contributed by atoms with Crippen LogP contribution in [0.2, 0.25) is 0 Å². The summed E-state index contributed by atoms with van der Waals surface area (Å²) in [6, 6.07) is 12.6. The second-order valence-electron chi connectivity index (χ2n) is 6.88. The summed E-state index contributed by atoms with van der Waals surface area (Å²) >= 11 is 0. The molecule has 0 N–H and O–H groups in total. The van der Waals surface area contributed by atoms with E-state index in [1.54, 1.807) is 26.5 Å². The molecular formula is C22H23FN2O3. The summed E-state index contributed by atoms with van der Waals surface area (Å²) in [6.07, 6.45) is 1.64. The molecule has 5 nitrogen and oxygen atoms in total. The third kappa shape index (κ3) is 3.93. The van der Waals surface area contributed by atoms with E-state index < -0.39 is 0 Å². The zero-order valence-corrected chi connectivity index (χ0v) is 16.0. The third-order valence-corrected chi connectivity index (χ3v) is 5.04. The Morgan fingerprint density at radius 1 is 1.07 bits per heavy atom. The molecule has 3 aromatic rings. The van der Waals surface area contributed by atoms with Crippen molar-refractivity contribution in [3.63, 3.8) is 0 Å². The van der Waals surface area contributed by atoms with E-state index in [1.807, 2.05) is 24.3 Å². The molecule has 0 radical (unpaired) electrons. The Balaban J connectivity index is 1.50. The zero-order valence-electron chi connectivity index (χ0n) is 16.0. The standard InChI is InChI=1S/C22H23FN2O3/c1-26-20-6-3-15(9-21(20)27-2)13-25-7-8-28-22(14-25)19-11-17-10-18(23)5-4-16(17)12-24-19/h3-6,9-12,22H,7-8,13-14H2,1-2H3/t22-/m0/s1. The number of halogens is 1. The maximum absolute atomic E-state index is 13.6. The first kappa shape index (κ1) is 18.7. The van der Waals surface area contributed by atoms with Crippen LogP contribution in [0.1, 0.15) is 17.4 Å². The third-order valence-electron chi connectivity index (χ3n) is 5.04. The average molecular weight is 382 g/mol. The normalized spacial score (nSPS) is 17.6. The number of aromatic nitrogens is 1. The van der Waals surface area contributed by atoms with Crippen LogP contribution in [0.4, 0.5) is 4.39 Å². The molecule has 146 valence electrons. The van der Waals surface area contributed by atoms with Crippen LogP contribution in [0.5, 0.6) is 11.5 Å². The van der Waals surface area contributed by atoms with Crippen LogP contribution in [0.15, 0.2) is 48.7 Å². The molecule has 0 aliphatic carbocycles. The molecule has 0 bridgehead atoms. The van der Waals surface area contributed by atoms with Gasteiger partial charge in [0.25, 0.3) is 0 Å². The van der Waals surface area contributed by atoms with E-state index in [-0.39, 0.29) is 11.9 Å². The molecule has 0 amide bonds. The van der Waals surface area contributed by atoms with Crippen LogP contribution >= 0.6 is 0 Å². The van der Waals surface area contributed by atoms with Gasteiger partial charge in [-0.25, -0.2) is 4.39 Å². The zero-order chi connectivity index (χ0) is 19.5. The van der Waals surface area contributed by atoms with Crippen LogP contribution in [-0.4, -0.2) is 43.8 Å². The predicted octanol–water partition coefficient (Wildman–Crippen LogP) is 3.96. The number of ether oxygens (including phenoxy) is 3. The molecule has 1 aromatic heterocycles. The number of morpholine rings is 1. The molecule has 6 heteroatoms. The van der Waals surface area contributed by atoms with Crippen LogP contribution in [0.3, 0.4) is 0 Å². The number of nitrogens with zero attached hydrogens (tertiary/aromatic N) is 2. The molecule has 1 saturated heterocycles. The number of hydrogen-bond donors (Lipinski definition) is 0. The number of hydrogen-bond acceptors (Lipinski definition) is 5. The van der Waals surface area contributed by atoms with Crippen molar-refractivity contribution in [1.82, 2.24) is 9.88 Å². The topological polar surface area (TPSA) is 43.8 Å². The molecule has 1 aliphatic rings. The molecule has 1 aliphatic heterocycles. The lowest BCUT2D eigenvalue weighted by molar-refractivity contribution is -0.0349.